The van der Waals surface area contributed by atoms with E-state index < -0.39 is 12.1 Å². The van der Waals surface area contributed by atoms with Crippen molar-refractivity contribution in [2.75, 3.05) is 13.7 Å². The Morgan fingerprint density at radius 2 is 1.71 bits per heavy atom. The molecule has 0 N–H and O–H groups in total. The SMILES string of the molecule is COc1ccccc1OC(=O)[C@@H]1COc2ccccc2O1. The summed E-state index contributed by atoms with van der Waals surface area (Å²) in [7, 11) is 1.52. The maximum Gasteiger partial charge on any atom is 0.356 e. The van der Waals surface area contributed by atoms with Gasteiger partial charge in [0.05, 0.1) is 7.11 Å². The molecule has 0 saturated heterocycles. The first-order chi connectivity index (χ1) is 10.3. The lowest BCUT2D eigenvalue weighted by molar-refractivity contribution is -0.144. The second-order valence-electron chi connectivity index (χ2n) is 4.44. The van der Waals surface area contributed by atoms with Gasteiger partial charge in [0.25, 0.3) is 0 Å². The van der Waals surface area contributed by atoms with E-state index in [1.807, 2.05) is 12.1 Å². The number of ether oxygens (including phenoxy) is 4. The van der Waals surface area contributed by atoms with E-state index in [0.717, 1.165) is 0 Å². The largest absolute Gasteiger partial charge is 0.493 e. The molecule has 1 atom stereocenters. The first-order valence-electron chi connectivity index (χ1n) is 6.51. The summed E-state index contributed by atoms with van der Waals surface area (Å²) < 4.78 is 21.6. The average Bonchev–Trinajstić information content (AvgIpc) is 2.55. The van der Waals surface area contributed by atoms with E-state index in [1.54, 1.807) is 36.4 Å². The number of para-hydroxylation sites is 4. The van der Waals surface area contributed by atoms with E-state index in [9.17, 15) is 4.79 Å². The van der Waals surface area contributed by atoms with Gasteiger partial charge >= 0.3 is 5.97 Å². The highest BCUT2D eigenvalue weighted by molar-refractivity contribution is 5.79. The van der Waals surface area contributed by atoms with Crippen LogP contribution in [0.3, 0.4) is 0 Å². The van der Waals surface area contributed by atoms with Gasteiger partial charge in [-0.05, 0) is 24.3 Å². The van der Waals surface area contributed by atoms with E-state index in [0.29, 0.717) is 23.0 Å². The zero-order valence-electron chi connectivity index (χ0n) is 11.4. The third-order valence-electron chi connectivity index (χ3n) is 3.05. The fraction of sp³-hybridized carbons (Fsp3) is 0.188. The maximum absolute atomic E-state index is 12.2. The summed E-state index contributed by atoms with van der Waals surface area (Å²) in [5, 5.41) is 0. The molecular formula is C16H14O5. The number of methoxy groups -OCH3 is 1. The van der Waals surface area contributed by atoms with Gasteiger partial charge in [-0.3, -0.25) is 0 Å². The van der Waals surface area contributed by atoms with Crippen molar-refractivity contribution in [1.82, 2.24) is 0 Å². The van der Waals surface area contributed by atoms with Crippen LogP contribution >= 0.6 is 0 Å². The topological polar surface area (TPSA) is 54.0 Å². The van der Waals surface area contributed by atoms with Crippen molar-refractivity contribution in [1.29, 1.82) is 0 Å². The van der Waals surface area contributed by atoms with Crippen molar-refractivity contribution in [2.45, 2.75) is 6.10 Å². The lowest BCUT2D eigenvalue weighted by Crippen LogP contribution is -2.39. The van der Waals surface area contributed by atoms with Crippen LogP contribution in [0.2, 0.25) is 0 Å². The molecule has 21 heavy (non-hydrogen) atoms. The third kappa shape index (κ3) is 2.76. The zero-order valence-corrected chi connectivity index (χ0v) is 11.4. The summed E-state index contributed by atoms with van der Waals surface area (Å²) in [4.78, 5) is 12.2. The minimum Gasteiger partial charge on any atom is -0.493 e. The quantitative estimate of drug-likeness (QED) is 0.641. The fourth-order valence-corrected chi connectivity index (χ4v) is 2.01. The van der Waals surface area contributed by atoms with Gasteiger partial charge in [-0.1, -0.05) is 24.3 Å². The zero-order chi connectivity index (χ0) is 14.7. The minimum absolute atomic E-state index is 0.116. The molecule has 5 heteroatoms. The minimum atomic E-state index is -0.801. The van der Waals surface area contributed by atoms with Crippen LogP contribution in [0, 0.1) is 0 Å². The molecular weight excluding hydrogens is 272 g/mol. The average molecular weight is 286 g/mol. The van der Waals surface area contributed by atoms with Gasteiger partial charge in [-0.25, -0.2) is 4.79 Å². The molecule has 2 aromatic carbocycles. The van der Waals surface area contributed by atoms with Gasteiger partial charge in [0, 0.05) is 0 Å². The van der Waals surface area contributed by atoms with E-state index in [2.05, 4.69) is 0 Å². The summed E-state index contributed by atoms with van der Waals surface area (Å²) in [6, 6.07) is 14.1. The number of hydrogen-bond donors (Lipinski definition) is 0. The van der Waals surface area contributed by atoms with Gasteiger partial charge < -0.3 is 18.9 Å². The van der Waals surface area contributed by atoms with Crippen LogP contribution in [-0.4, -0.2) is 25.8 Å². The normalized spacial score (nSPS) is 16.1. The first-order valence-corrected chi connectivity index (χ1v) is 6.51. The number of rotatable bonds is 3. The molecule has 0 amide bonds. The molecule has 0 fully saturated rings. The van der Waals surface area contributed by atoms with E-state index >= 15 is 0 Å². The number of hydrogen-bond acceptors (Lipinski definition) is 5. The molecule has 0 aliphatic carbocycles. The lowest BCUT2D eigenvalue weighted by Gasteiger charge is -2.25. The molecule has 2 aromatic rings. The second kappa shape index (κ2) is 5.75. The molecule has 0 unspecified atom stereocenters. The summed E-state index contributed by atoms with van der Waals surface area (Å²) in [5.41, 5.74) is 0. The molecule has 5 nitrogen and oxygen atoms in total. The van der Waals surface area contributed by atoms with Crippen LogP contribution in [0.25, 0.3) is 0 Å². The number of carbonyl (C=O) groups excluding carboxylic acids is 1. The van der Waals surface area contributed by atoms with Crippen molar-refractivity contribution in [3.05, 3.63) is 48.5 Å². The Labute approximate surface area is 122 Å². The van der Waals surface area contributed by atoms with Crippen molar-refractivity contribution in [2.24, 2.45) is 0 Å². The Balaban J connectivity index is 1.72. The molecule has 1 aliphatic rings. The van der Waals surface area contributed by atoms with Crippen molar-refractivity contribution in [3.63, 3.8) is 0 Å². The summed E-state index contributed by atoms with van der Waals surface area (Å²) in [6.45, 7) is 0.116. The van der Waals surface area contributed by atoms with Gasteiger partial charge in [-0.2, -0.15) is 0 Å². The predicted molar refractivity (Wildman–Crippen MR) is 75.0 cm³/mol. The van der Waals surface area contributed by atoms with E-state index in [-0.39, 0.29) is 6.61 Å². The Kier molecular flexibility index (Phi) is 3.64. The Morgan fingerprint density at radius 1 is 1.05 bits per heavy atom. The predicted octanol–water partition coefficient (Wildman–Crippen LogP) is 2.44. The van der Waals surface area contributed by atoms with Gasteiger partial charge in [0.2, 0.25) is 6.10 Å². The Morgan fingerprint density at radius 3 is 2.48 bits per heavy atom. The van der Waals surface area contributed by atoms with Crippen LogP contribution in [0.1, 0.15) is 0 Å². The maximum atomic E-state index is 12.2. The molecule has 1 aliphatic heterocycles. The second-order valence-corrected chi connectivity index (χ2v) is 4.44. The number of fused-ring (bicyclic) bond motifs is 1. The van der Waals surface area contributed by atoms with Gasteiger partial charge in [-0.15, -0.1) is 0 Å². The number of benzene rings is 2. The van der Waals surface area contributed by atoms with Crippen molar-refractivity contribution < 1.29 is 23.7 Å². The van der Waals surface area contributed by atoms with E-state index in [1.165, 1.54) is 7.11 Å². The molecule has 1 heterocycles. The standard InChI is InChI=1S/C16H14O5/c1-18-11-6-2-4-8-13(11)21-16(17)15-10-19-12-7-3-5-9-14(12)20-15/h2-9,15H,10H2,1H3/t15-/m0/s1. The fourth-order valence-electron chi connectivity index (χ4n) is 2.01. The number of carbonyl (C=O) groups is 1. The molecule has 0 saturated carbocycles. The van der Waals surface area contributed by atoms with Gasteiger partial charge in [0.15, 0.2) is 23.0 Å². The highest BCUT2D eigenvalue weighted by Gasteiger charge is 2.29. The Hall–Kier alpha value is -2.69. The molecule has 0 bridgehead atoms. The van der Waals surface area contributed by atoms with Crippen LogP contribution < -0.4 is 18.9 Å². The van der Waals surface area contributed by atoms with E-state index in [4.69, 9.17) is 18.9 Å². The van der Waals surface area contributed by atoms with Crippen LogP contribution in [-0.2, 0) is 4.79 Å². The smallest absolute Gasteiger partial charge is 0.356 e. The van der Waals surface area contributed by atoms with Crippen LogP contribution in [0.4, 0.5) is 0 Å². The summed E-state index contributed by atoms with van der Waals surface area (Å²) >= 11 is 0. The highest BCUT2D eigenvalue weighted by Crippen LogP contribution is 2.32. The third-order valence-corrected chi connectivity index (χ3v) is 3.05. The van der Waals surface area contributed by atoms with Crippen molar-refractivity contribution in [3.8, 4) is 23.0 Å². The molecule has 108 valence electrons. The highest BCUT2D eigenvalue weighted by atomic mass is 16.6. The molecule has 0 spiro atoms. The first kappa shape index (κ1) is 13.3. The lowest BCUT2D eigenvalue weighted by atomic mass is 10.2. The van der Waals surface area contributed by atoms with Crippen LogP contribution in [0.15, 0.2) is 48.5 Å². The van der Waals surface area contributed by atoms with Crippen molar-refractivity contribution >= 4 is 5.97 Å². The molecule has 0 radical (unpaired) electrons. The number of esters is 1. The monoisotopic (exact) mass is 286 g/mol. The Bertz CT molecular complexity index is 653. The van der Waals surface area contributed by atoms with Gasteiger partial charge in [0.1, 0.15) is 6.61 Å². The summed E-state index contributed by atoms with van der Waals surface area (Å²) in [6.07, 6.45) is -0.801. The molecule has 3 rings (SSSR count). The van der Waals surface area contributed by atoms with Crippen LogP contribution in [0.5, 0.6) is 23.0 Å². The molecule has 0 aromatic heterocycles. The summed E-state index contributed by atoms with van der Waals surface area (Å²) in [5.74, 6) is 1.48.